The highest BCUT2D eigenvalue weighted by Gasteiger charge is 2.14. The lowest BCUT2D eigenvalue weighted by Gasteiger charge is -2.12. The summed E-state index contributed by atoms with van der Waals surface area (Å²) >= 11 is 0. The van der Waals surface area contributed by atoms with Gasteiger partial charge in [-0.15, -0.1) is 24.0 Å². The van der Waals surface area contributed by atoms with Gasteiger partial charge in [0.05, 0.1) is 0 Å². The molecular weight excluding hydrogens is 386 g/mol. The summed E-state index contributed by atoms with van der Waals surface area (Å²) in [6.45, 7) is -0.0813. The van der Waals surface area contributed by atoms with Crippen LogP contribution in [0.2, 0.25) is 0 Å². The normalized spacial score (nSPS) is 15.4. The predicted octanol–water partition coefficient (Wildman–Crippen LogP) is 2.23. The topological polar surface area (TPSA) is 79.5 Å². The number of benzene rings is 1. The first-order valence-electron chi connectivity index (χ1n) is 6.75. The van der Waals surface area contributed by atoms with Crippen LogP contribution in [0, 0.1) is 5.82 Å². The summed E-state index contributed by atoms with van der Waals surface area (Å²) < 4.78 is 13.0. The van der Waals surface area contributed by atoms with E-state index in [2.05, 4.69) is 15.6 Å². The van der Waals surface area contributed by atoms with Crippen LogP contribution in [0.5, 0.6) is 0 Å². The molecule has 21 heavy (non-hydrogen) atoms. The maximum atomic E-state index is 13.0. The highest BCUT2D eigenvalue weighted by molar-refractivity contribution is 14.0. The SMILES string of the molecule is I.NC(=NCC(=O)Nc1cccc(F)c1)NC1CCCC1. The molecule has 116 valence electrons. The Bertz CT molecular complexity index is 504. The monoisotopic (exact) mass is 406 g/mol. The lowest BCUT2D eigenvalue weighted by Crippen LogP contribution is -2.39. The van der Waals surface area contributed by atoms with Gasteiger partial charge in [-0.25, -0.2) is 9.38 Å². The average Bonchev–Trinajstić information content (AvgIpc) is 2.89. The number of carbonyl (C=O) groups is 1. The van der Waals surface area contributed by atoms with E-state index < -0.39 is 5.82 Å². The van der Waals surface area contributed by atoms with Gasteiger partial charge >= 0.3 is 0 Å². The first kappa shape index (κ1) is 17.7. The van der Waals surface area contributed by atoms with Crippen molar-refractivity contribution in [3.8, 4) is 0 Å². The number of hydrogen-bond donors (Lipinski definition) is 3. The molecule has 1 aliphatic carbocycles. The largest absolute Gasteiger partial charge is 0.370 e. The van der Waals surface area contributed by atoms with E-state index in [1.807, 2.05) is 0 Å². The Morgan fingerprint density at radius 2 is 2.10 bits per heavy atom. The Morgan fingerprint density at radius 1 is 1.38 bits per heavy atom. The highest BCUT2D eigenvalue weighted by Crippen LogP contribution is 2.17. The van der Waals surface area contributed by atoms with Crippen molar-refractivity contribution < 1.29 is 9.18 Å². The third-order valence-corrected chi connectivity index (χ3v) is 3.21. The van der Waals surface area contributed by atoms with Crippen molar-refractivity contribution >= 4 is 41.5 Å². The minimum Gasteiger partial charge on any atom is -0.370 e. The third kappa shape index (κ3) is 6.28. The second kappa shape index (κ2) is 8.81. The zero-order valence-electron chi connectivity index (χ0n) is 11.6. The van der Waals surface area contributed by atoms with Crippen LogP contribution < -0.4 is 16.4 Å². The van der Waals surface area contributed by atoms with Gasteiger partial charge in [0.1, 0.15) is 12.4 Å². The lowest BCUT2D eigenvalue weighted by molar-refractivity contribution is -0.114. The standard InChI is InChI=1S/C14H19FN4O.HI/c15-10-4-3-7-12(8-10)18-13(20)9-17-14(16)19-11-5-1-2-6-11;/h3-4,7-8,11H,1-2,5-6,9H2,(H,18,20)(H3,16,17,19);1H. The molecule has 1 aromatic rings. The number of guanidine groups is 1. The fraction of sp³-hybridized carbons (Fsp3) is 0.429. The molecule has 1 aromatic carbocycles. The van der Waals surface area contributed by atoms with Crippen LogP contribution in [-0.2, 0) is 4.79 Å². The summed E-state index contributed by atoms with van der Waals surface area (Å²) in [6, 6.07) is 6.08. The van der Waals surface area contributed by atoms with Crippen LogP contribution in [0.4, 0.5) is 10.1 Å². The van der Waals surface area contributed by atoms with Gasteiger partial charge in [-0.1, -0.05) is 18.9 Å². The summed E-state index contributed by atoms with van der Waals surface area (Å²) in [6.07, 6.45) is 4.58. The number of amides is 1. The van der Waals surface area contributed by atoms with E-state index >= 15 is 0 Å². The molecule has 0 aliphatic heterocycles. The summed E-state index contributed by atoms with van der Waals surface area (Å²) in [4.78, 5) is 15.6. The minimum atomic E-state index is -0.395. The number of aliphatic imine (C=N–C) groups is 1. The van der Waals surface area contributed by atoms with Crippen LogP contribution >= 0.6 is 24.0 Å². The Hall–Kier alpha value is -1.38. The van der Waals surface area contributed by atoms with Gasteiger partial charge in [0.2, 0.25) is 5.91 Å². The van der Waals surface area contributed by atoms with Crippen molar-refractivity contribution in [3.63, 3.8) is 0 Å². The average molecular weight is 406 g/mol. The second-order valence-electron chi connectivity index (χ2n) is 4.89. The Labute approximate surface area is 140 Å². The molecule has 7 heteroatoms. The number of halogens is 2. The van der Waals surface area contributed by atoms with Crippen molar-refractivity contribution in [1.29, 1.82) is 0 Å². The van der Waals surface area contributed by atoms with Crippen molar-refractivity contribution in [1.82, 2.24) is 5.32 Å². The van der Waals surface area contributed by atoms with E-state index in [0.717, 1.165) is 12.8 Å². The first-order chi connectivity index (χ1) is 9.63. The lowest BCUT2D eigenvalue weighted by atomic mass is 10.2. The summed E-state index contributed by atoms with van der Waals surface area (Å²) in [7, 11) is 0. The van der Waals surface area contributed by atoms with Crippen molar-refractivity contribution in [2.45, 2.75) is 31.7 Å². The smallest absolute Gasteiger partial charge is 0.246 e. The Kier molecular flexibility index (Phi) is 7.41. The number of nitrogens with two attached hydrogens (primary N) is 1. The molecule has 1 aliphatic rings. The van der Waals surface area contributed by atoms with Gasteiger partial charge in [0, 0.05) is 11.7 Å². The molecule has 0 aromatic heterocycles. The molecule has 0 spiro atoms. The van der Waals surface area contributed by atoms with Gasteiger partial charge in [0.25, 0.3) is 0 Å². The fourth-order valence-electron chi connectivity index (χ4n) is 2.25. The van der Waals surface area contributed by atoms with E-state index in [4.69, 9.17) is 5.73 Å². The molecule has 2 rings (SSSR count). The number of nitrogens with one attached hydrogen (secondary N) is 2. The van der Waals surface area contributed by atoms with Gasteiger partial charge in [0.15, 0.2) is 5.96 Å². The van der Waals surface area contributed by atoms with E-state index in [-0.39, 0.29) is 42.4 Å². The number of nitrogens with zero attached hydrogens (tertiary/aromatic N) is 1. The molecule has 1 fully saturated rings. The van der Waals surface area contributed by atoms with E-state index in [1.54, 1.807) is 6.07 Å². The highest BCUT2D eigenvalue weighted by atomic mass is 127. The van der Waals surface area contributed by atoms with Crippen molar-refractivity contribution in [2.24, 2.45) is 10.7 Å². The van der Waals surface area contributed by atoms with Crippen LogP contribution in [0.1, 0.15) is 25.7 Å². The van der Waals surface area contributed by atoms with Crippen LogP contribution in [0.15, 0.2) is 29.3 Å². The van der Waals surface area contributed by atoms with Crippen LogP contribution in [-0.4, -0.2) is 24.5 Å². The van der Waals surface area contributed by atoms with Crippen LogP contribution in [0.25, 0.3) is 0 Å². The molecule has 5 nitrogen and oxygen atoms in total. The van der Waals surface area contributed by atoms with Gasteiger partial charge < -0.3 is 16.4 Å². The molecule has 1 amide bonds. The quantitative estimate of drug-likeness (QED) is 0.408. The van der Waals surface area contributed by atoms with E-state index in [0.29, 0.717) is 11.7 Å². The predicted molar refractivity (Wildman–Crippen MR) is 92.3 cm³/mol. The van der Waals surface area contributed by atoms with Crippen LogP contribution in [0.3, 0.4) is 0 Å². The van der Waals surface area contributed by atoms with Crippen molar-refractivity contribution in [2.75, 3.05) is 11.9 Å². The molecule has 0 radical (unpaired) electrons. The molecular formula is C14H20FIN4O. The number of carbonyl (C=O) groups excluding carboxylic acids is 1. The number of rotatable bonds is 4. The van der Waals surface area contributed by atoms with Crippen molar-refractivity contribution in [3.05, 3.63) is 30.1 Å². The first-order valence-corrected chi connectivity index (χ1v) is 6.75. The summed E-state index contributed by atoms with van der Waals surface area (Å²) in [5.74, 6) is -0.438. The Morgan fingerprint density at radius 3 is 2.76 bits per heavy atom. The molecule has 0 bridgehead atoms. The van der Waals surface area contributed by atoms with Gasteiger partial charge in [-0.3, -0.25) is 4.79 Å². The zero-order chi connectivity index (χ0) is 14.4. The molecule has 0 heterocycles. The number of anilines is 1. The molecule has 0 unspecified atom stereocenters. The second-order valence-corrected chi connectivity index (χ2v) is 4.89. The molecule has 4 N–H and O–H groups in total. The number of hydrogen-bond acceptors (Lipinski definition) is 2. The Balaban J connectivity index is 0.00000220. The summed E-state index contributed by atoms with van der Waals surface area (Å²) in [5, 5.41) is 5.66. The molecule has 0 atom stereocenters. The van der Waals surface area contributed by atoms with E-state index in [1.165, 1.54) is 31.0 Å². The van der Waals surface area contributed by atoms with Gasteiger partial charge in [-0.2, -0.15) is 0 Å². The van der Waals surface area contributed by atoms with E-state index in [9.17, 15) is 9.18 Å². The minimum absolute atomic E-state index is 0. The molecule has 1 saturated carbocycles. The maximum Gasteiger partial charge on any atom is 0.246 e. The summed E-state index contributed by atoms with van der Waals surface area (Å²) in [5.41, 5.74) is 6.13. The van der Waals surface area contributed by atoms with Gasteiger partial charge in [-0.05, 0) is 31.0 Å². The molecule has 0 saturated heterocycles. The third-order valence-electron chi connectivity index (χ3n) is 3.21. The fourth-order valence-corrected chi connectivity index (χ4v) is 2.25. The maximum absolute atomic E-state index is 13.0. The zero-order valence-corrected chi connectivity index (χ0v) is 14.0.